The maximum Gasteiger partial charge on any atom is 0.0635 e. The lowest BCUT2D eigenvalue weighted by Gasteiger charge is -2.36. The van der Waals surface area contributed by atoms with Gasteiger partial charge in [0.2, 0.25) is 0 Å². The van der Waals surface area contributed by atoms with Gasteiger partial charge in [0.15, 0.2) is 0 Å². The third kappa shape index (κ3) is 3.33. The normalized spacial score (nSPS) is 20.5. The maximum atomic E-state index is 8.45. The Morgan fingerprint density at radius 2 is 1.85 bits per heavy atom. The summed E-state index contributed by atoms with van der Waals surface area (Å²) in [6.45, 7) is 9.99. The largest absolute Gasteiger partial charge is 0.300 e. The van der Waals surface area contributed by atoms with Crippen LogP contribution in [0.2, 0.25) is 0 Å². The first-order chi connectivity index (χ1) is 6.24. The third-order valence-electron chi connectivity index (χ3n) is 2.68. The van der Waals surface area contributed by atoms with Crippen molar-refractivity contribution in [2.24, 2.45) is 0 Å². The van der Waals surface area contributed by atoms with Gasteiger partial charge in [0.25, 0.3) is 0 Å². The monoisotopic (exact) mass is 181 g/mol. The second-order valence-electron chi connectivity index (χ2n) is 3.88. The summed E-state index contributed by atoms with van der Waals surface area (Å²) in [6.07, 6.45) is 0.668. The molecule has 1 heterocycles. The molecule has 0 radical (unpaired) electrons. The lowest BCUT2D eigenvalue weighted by atomic mass is 10.2. The first kappa shape index (κ1) is 10.5. The molecule has 0 N–H and O–H groups in total. The Morgan fingerprint density at radius 1 is 1.23 bits per heavy atom. The van der Waals surface area contributed by atoms with Crippen LogP contribution in [-0.2, 0) is 0 Å². The molecule has 1 saturated heterocycles. The molecule has 1 rings (SSSR count). The van der Waals surface area contributed by atoms with Crippen LogP contribution >= 0.6 is 0 Å². The molecule has 3 heteroatoms. The van der Waals surface area contributed by atoms with Gasteiger partial charge in [-0.1, -0.05) is 0 Å². The predicted molar refractivity (Wildman–Crippen MR) is 53.4 cm³/mol. The van der Waals surface area contributed by atoms with E-state index in [0.717, 1.165) is 32.7 Å². The van der Waals surface area contributed by atoms with E-state index in [9.17, 15) is 0 Å². The van der Waals surface area contributed by atoms with Crippen LogP contribution in [-0.4, -0.2) is 48.6 Å². The van der Waals surface area contributed by atoms with Gasteiger partial charge >= 0.3 is 0 Å². The minimum absolute atomic E-state index is 0.665. The summed E-state index contributed by atoms with van der Waals surface area (Å²) in [5.74, 6) is 0. The molecule has 1 aliphatic rings. The van der Waals surface area contributed by atoms with Crippen molar-refractivity contribution in [2.45, 2.75) is 26.3 Å². The molecule has 0 saturated carbocycles. The fourth-order valence-electron chi connectivity index (χ4n) is 1.71. The maximum absolute atomic E-state index is 8.45. The zero-order valence-corrected chi connectivity index (χ0v) is 8.66. The molecule has 74 valence electrons. The van der Waals surface area contributed by atoms with E-state index in [1.165, 1.54) is 0 Å². The fraction of sp³-hybridized carbons (Fsp3) is 0.900. The van der Waals surface area contributed by atoms with Crippen molar-refractivity contribution in [2.75, 3.05) is 32.7 Å². The smallest absolute Gasteiger partial charge is 0.0635 e. The molecule has 3 nitrogen and oxygen atoms in total. The highest BCUT2D eigenvalue weighted by Crippen LogP contribution is 2.05. The number of hydrogen-bond donors (Lipinski definition) is 0. The molecule has 0 amide bonds. The quantitative estimate of drug-likeness (QED) is 0.649. The highest BCUT2D eigenvalue weighted by molar-refractivity contribution is 4.77. The lowest BCUT2D eigenvalue weighted by Crippen LogP contribution is -2.48. The Labute approximate surface area is 80.9 Å². The highest BCUT2D eigenvalue weighted by Gasteiger charge is 2.17. The van der Waals surface area contributed by atoms with Gasteiger partial charge in [-0.2, -0.15) is 5.26 Å². The van der Waals surface area contributed by atoms with Crippen molar-refractivity contribution in [1.82, 2.24) is 9.80 Å². The topological polar surface area (TPSA) is 30.3 Å². The van der Waals surface area contributed by atoms with Crippen LogP contribution in [0.1, 0.15) is 20.3 Å². The third-order valence-corrected chi connectivity index (χ3v) is 2.68. The van der Waals surface area contributed by atoms with E-state index in [1.807, 2.05) is 0 Å². The number of rotatable bonds is 3. The average Bonchev–Trinajstić information content (AvgIpc) is 2.15. The molecule has 1 aliphatic heterocycles. The lowest BCUT2D eigenvalue weighted by molar-refractivity contribution is 0.110. The molecule has 0 aliphatic carbocycles. The summed E-state index contributed by atoms with van der Waals surface area (Å²) in [5.41, 5.74) is 0. The molecule has 0 bridgehead atoms. The number of nitrogens with zero attached hydrogens (tertiary/aromatic N) is 3. The Kier molecular flexibility index (Phi) is 4.20. The van der Waals surface area contributed by atoms with Gasteiger partial charge in [-0.25, -0.2) is 0 Å². The second kappa shape index (κ2) is 5.21. The summed E-state index contributed by atoms with van der Waals surface area (Å²) in [5, 5.41) is 8.45. The molecule has 0 atom stereocenters. The molecular formula is C10H19N3. The molecule has 13 heavy (non-hydrogen) atoms. The van der Waals surface area contributed by atoms with E-state index in [1.54, 1.807) is 0 Å². The summed E-state index contributed by atoms with van der Waals surface area (Å²) in [6, 6.07) is 2.86. The molecule has 0 spiro atoms. The van der Waals surface area contributed by atoms with Crippen LogP contribution in [0.4, 0.5) is 0 Å². The molecular weight excluding hydrogens is 162 g/mol. The Balaban J connectivity index is 2.19. The van der Waals surface area contributed by atoms with Crippen LogP contribution in [0.15, 0.2) is 0 Å². The average molecular weight is 181 g/mol. The number of nitriles is 1. The van der Waals surface area contributed by atoms with Crippen molar-refractivity contribution in [3.8, 4) is 6.07 Å². The Morgan fingerprint density at radius 3 is 2.31 bits per heavy atom. The van der Waals surface area contributed by atoms with Crippen LogP contribution in [0.25, 0.3) is 0 Å². The summed E-state index contributed by atoms with van der Waals surface area (Å²) in [7, 11) is 0. The van der Waals surface area contributed by atoms with Gasteiger partial charge in [0, 0.05) is 45.2 Å². The van der Waals surface area contributed by atoms with E-state index in [4.69, 9.17) is 5.26 Å². The van der Waals surface area contributed by atoms with E-state index >= 15 is 0 Å². The van der Waals surface area contributed by atoms with E-state index < -0.39 is 0 Å². The van der Waals surface area contributed by atoms with Gasteiger partial charge in [0.05, 0.1) is 6.07 Å². The van der Waals surface area contributed by atoms with Gasteiger partial charge in [-0.05, 0) is 13.8 Å². The zero-order chi connectivity index (χ0) is 9.68. The molecule has 0 aromatic carbocycles. The predicted octanol–water partition coefficient (Wildman–Crippen LogP) is 0.926. The van der Waals surface area contributed by atoms with Crippen molar-refractivity contribution in [3.05, 3.63) is 0 Å². The Hall–Kier alpha value is -0.590. The molecule has 0 unspecified atom stereocenters. The van der Waals surface area contributed by atoms with Crippen molar-refractivity contribution in [1.29, 1.82) is 5.26 Å². The molecule has 0 aromatic heterocycles. The summed E-state index contributed by atoms with van der Waals surface area (Å²) >= 11 is 0. The summed E-state index contributed by atoms with van der Waals surface area (Å²) < 4.78 is 0. The van der Waals surface area contributed by atoms with E-state index in [0.29, 0.717) is 12.5 Å². The minimum Gasteiger partial charge on any atom is -0.300 e. The fourth-order valence-corrected chi connectivity index (χ4v) is 1.71. The van der Waals surface area contributed by atoms with E-state index in [-0.39, 0.29) is 0 Å². The highest BCUT2D eigenvalue weighted by atomic mass is 15.3. The SMILES string of the molecule is CC(C)N1CCN(CCC#N)CC1. The standard InChI is InChI=1S/C10H19N3/c1-10(2)13-8-6-12(7-9-13)5-3-4-11/h10H,3,5-9H2,1-2H3. The van der Waals surface area contributed by atoms with Crippen molar-refractivity contribution >= 4 is 0 Å². The molecule has 1 fully saturated rings. The van der Waals surface area contributed by atoms with Crippen molar-refractivity contribution < 1.29 is 0 Å². The van der Waals surface area contributed by atoms with Crippen molar-refractivity contribution in [3.63, 3.8) is 0 Å². The first-order valence-electron chi connectivity index (χ1n) is 5.07. The Bertz CT molecular complexity index is 175. The van der Waals surface area contributed by atoms with Crippen LogP contribution in [0.5, 0.6) is 0 Å². The summed E-state index contributed by atoms with van der Waals surface area (Å²) in [4.78, 5) is 4.87. The minimum atomic E-state index is 0.665. The van der Waals surface area contributed by atoms with Crippen LogP contribution < -0.4 is 0 Å². The van der Waals surface area contributed by atoms with Gasteiger partial charge in [-0.15, -0.1) is 0 Å². The van der Waals surface area contributed by atoms with Gasteiger partial charge in [0.1, 0.15) is 0 Å². The molecule has 0 aromatic rings. The second-order valence-corrected chi connectivity index (χ2v) is 3.88. The van der Waals surface area contributed by atoms with Crippen LogP contribution in [0.3, 0.4) is 0 Å². The van der Waals surface area contributed by atoms with Gasteiger partial charge < -0.3 is 0 Å². The zero-order valence-electron chi connectivity index (χ0n) is 8.66. The number of piperazine rings is 1. The first-order valence-corrected chi connectivity index (χ1v) is 5.07. The van der Waals surface area contributed by atoms with Gasteiger partial charge in [-0.3, -0.25) is 9.80 Å². The number of hydrogen-bond acceptors (Lipinski definition) is 3. The van der Waals surface area contributed by atoms with E-state index in [2.05, 4.69) is 29.7 Å². The van der Waals surface area contributed by atoms with Crippen LogP contribution in [0, 0.1) is 11.3 Å².